The van der Waals surface area contributed by atoms with Gasteiger partial charge in [-0.15, -0.1) is 0 Å². The molecule has 0 fully saturated rings. The summed E-state index contributed by atoms with van der Waals surface area (Å²) in [5.74, 6) is 0.631. The summed E-state index contributed by atoms with van der Waals surface area (Å²) in [4.78, 5) is 10.7. The summed E-state index contributed by atoms with van der Waals surface area (Å²) in [6.07, 6.45) is 0. The van der Waals surface area contributed by atoms with Crippen molar-refractivity contribution in [3.05, 3.63) is 20.9 Å². The first-order chi connectivity index (χ1) is 4.74. The molecule has 0 radical (unpaired) electrons. The zero-order valence-corrected chi connectivity index (χ0v) is 6.90. The second-order valence-electron chi connectivity index (χ2n) is 1.68. The van der Waals surface area contributed by atoms with E-state index < -0.39 is 0 Å². The molecular weight excluding hydrogens is 198 g/mol. The SMILES string of the molecule is CNc1cc(Br)c(=O)[nH]n1. The van der Waals surface area contributed by atoms with Crippen LogP contribution >= 0.6 is 15.9 Å². The minimum atomic E-state index is -0.223. The second kappa shape index (κ2) is 2.83. The summed E-state index contributed by atoms with van der Waals surface area (Å²) in [5.41, 5.74) is -0.223. The molecule has 4 nitrogen and oxygen atoms in total. The van der Waals surface area contributed by atoms with Crippen LogP contribution in [0, 0.1) is 0 Å². The molecule has 0 spiro atoms. The molecule has 0 atom stereocenters. The third kappa shape index (κ3) is 1.36. The Balaban J connectivity index is 3.17. The van der Waals surface area contributed by atoms with E-state index in [1.54, 1.807) is 13.1 Å². The zero-order valence-electron chi connectivity index (χ0n) is 5.31. The van der Waals surface area contributed by atoms with Crippen LogP contribution < -0.4 is 10.9 Å². The molecule has 0 aliphatic carbocycles. The van der Waals surface area contributed by atoms with Crippen molar-refractivity contribution in [1.29, 1.82) is 0 Å². The molecule has 1 rings (SSSR count). The molecular formula is C5H6BrN3O. The monoisotopic (exact) mass is 203 g/mol. The van der Waals surface area contributed by atoms with E-state index in [-0.39, 0.29) is 5.56 Å². The Hall–Kier alpha value is -0.840. The highest BCUT2D eigenvalue weighted by molar-refractivity contribution is 9.10. The molecule has 0 unspecified atom stereocenters. The van der Waals surface area contributed by atoms with E-state index in [2.05, 4.69) is 31.4 Å². The van der Waals surface area contributed by atoms with E-state index in [1.807, 2.05) is 0 Å². The number of nitrogens with one attached hydrogen (secondary N) is 2. The van der Waals surface area contributed by atoms with Crippen LogP contribution in [-0.2, 0) is 0 Å². The first-order valence-electron chi connectivity index (χ1n) is 2.67. The van der Waals surface area contributed by atoms with Gasteiger partial charge in [0, 0.05) is 13.1 Å². The van der Waals surface area contributed by atoms with Gasteiger partial charge in [-0.25, -0.2) is 5.10 Å². The average Bonchev–Trinajstić information content (AvgIpc) is 1.95. The van der Waals surface area contributed by atoms with Gasteiger partial charge in [0.05, 0.1) is 4.47 Å². The van der Waals surface area contributed by atoms with Gasteiger partial charge in [0.1, 0.15) is 5.82 Å². The largest absolute Gasteiger partial charge is 0.372 e. The Morgan fingerprint density at radius 1 is 1.80 bits per heavy atom. The van der Waals surface area contributed by atoms with Gasteiger partial charge >= 0.3 is 0 Å². The van der Waals surface area contributed by atoms with E-state index in [9.17, 15) is 4.79 Å². The first-order valence-corrected chi connectivity index (χ1v) is 3.46. The summed E-state index contributed by atoms with van der Waals surface area (Å²) >= 11 is 3.06. The Bertz CT molecular complexity index is 282. The van der Waals surface area contributed by atoms with Crippen LogP contribution in [0.4, 0.5) is 5.82 Å². The van der Waals surface area contributed by atoms with E-state index in [0.29, 0.717) is 10.3 Å². The van der Waals surface area contributed by atoms with Gasteiger partial charge in [0.2, 0.25) is 0 Å². The van der Waals surface area contributed by atoms with Crippen LogP contribution in [0.1, 0.15) is 0 Å². The fourth-order valence-corrected chi connectivity index (χ4v) is 0.816. The van der Waals surface area contributed by atoms with Crippen molar-refractivity contribution in [3.63, 3.8) is 0 Å². The second-order valence-corrected chi connectivity index (χ2v) is 2.53. The Labute approximate surface area is 65.8 Å². The number of rotatable bonds is 1. The highest BCUT2D eigenvalue weighted by atomic mass is 79.9. The Morgan fingerprint density at radius 3 is 3.00 bits per heavy atom. The van der Waals surface area contributed by atoms with E-state index in [4.69, 9.17) is 0 Å². The number of anilines is 1. The van der Waals surface area contributed by atoms with Crippen molar-refractivity contribution in [2.24, 2.45) is 0 Å². The predicted octanol–water partition coefficient (Wildman–Crippen LogP) is 0.574. The van der Waals surface area contributed by atoms with Crippen LogP contribution in [0.2, 0.25) is 0 Å². The molecule has 1 aromatic heterocycles. The van der Waals surface area contributed by atoms with E-state index in [0.717, 1.165) is 0 Å². The summed E-state index contributed by atoms with van der Waals surface area (Å²) in [6.45, 7) is 0. The van der Waals surface area contributed by atoms with E-state index >= 15 is 0 Å². The van der Waals surface area contributed by atoms with Crippen molar-refractivity contribution in [3.8, 4) is 0 Å². The number of aromatic amines is 1. The molecule has 1 heterocycles. The van der Waals surface area contributed by atoms with Crippen molar-refractivity contribution in [2.75, 3.05) is 12.4 Å². The Kier molecular flexibility index (Phi) is 2.06. The van der Waals surface area contributed by atoms with Crippen LogP contribution in [0.15, 0.2) is 15.3 Å². The molecule has 0 saturated carbocycles. The topological polar surface area (TPSA) is 57.8 Å². The highest BCUT2D eigenvalue weighted by Crippen LogP contribution is 2.05. The molecule has 54 valence electrons. The zero-order chi connectivity index (χ0) is 7.56. The molecule has 1 aromatic rings. The van der Waals surface area contributed by atoms with Crippen LogP contribution in [-0.4, -0.2) is 17.2 Å². The molecule has 0 aromatic carbocycles. The van der Waals surface area contributed by atoms with Crippen molar-refractivity contribution >= 4 is 21.7 Å². The smallest absolute Gasteiger partial charge is 0.278 e. The standard InChI is InChI=1S/C5H6BrN3O/c1-7-4-2-3(6)5(10)9-8-4/h2H,1H3,(H,7,8)(H,9,10). The van der Waals surface area contributed by atoms with Gasteiger partial charge in [-0.2, -0.15) is 5.10 Å². The van der Waals surface area contributed by atoms with Gasteiger partial charge in [-0.1, -0.05) is 0 Å². The number of hydrogen-bond acceptors (Lipinski definition) is 3. The van der Waals surface area contributed by atoms with Gasteiger partial charge < -0.3 is 5.32 Å². The van der Waals surface area contributed by atoms with E-state index in [1.165, 1.54) is 0 Å². The molecule has 0 saturated heterocycles. The number of H-pyrrole nitrogens is 1. The van der Waals surface area contributed by atoms with Gasteiger partial charge in [-0.3, -0.25) is 4.79 Å². The summed E-state index contributed by atoms with van der Waals surface area (Å²) in [5, 5.41) is 8.77. The molecule has 2 N–H and O–H groups in total. The maximum Gasteiger partial charge on any atom is 0.278 e. The number of nitrogens with zero attached hydrogens (tertiary/aromatic N) is 1. The van der Waals surface area contributed by atoms with Crippen LogP contribution in [0.5, 0.6) is 0 Å². The average molecular weight is 204 g/mol. The minimum absolute atomic E-state index is 0.223. The quantitative estimate of drug-likeness (QED) is 0.703. The third-order valence-electron chi connectivity index (χ3n) is 1.01. The predicted molar refractivity (Wildman–Crippen MR) is 42.1 cm³/mol. The summed E-state index contributed by atoms with van der Waals surface area (Å²) in [6, 6.07) is 1.61. The fourth-order valence-electron chi connectivity index (χ4n) is 0.510. The minimum Gasteiger partial charge on any atom is -0.372 e. The van der Waals surface area contributed by atoms with Gasteiger partial charge in [-0.05, 0) is 15.9 Å². The van der Waals surface area contributed by atoms with Crippen molar-refractivity contribution in [1.82, 2.24) is 10.2 Å². The Morgan fingerprint density at radius 2 is 2.50 bits per heavy atom. The lowest BCUT2D eigenvalue weighted by Gasteiger charge is -1.95. The lowest BCUT2D eigenvalue weighted by molar-refractivity contribution is 0.981. The summed E-state index contributed by atoms with van der Waals surface area (Å²) in [7, 11) is 1.73. The fraction of sp³-hybridized carbons (Fsp3) is 0.200. The number of aromatic nitrogens is 2. The highest BCUT2D eigenvalue weighted by Gasteiger charge is 1.95. The first kappa shape index (κ1) is 7.27. The van der Waals surface area contributed by atoms with Crippen molar-refractivity contribution in [2.45, 2.75) is 0 Å². The number of halogens is 1. The van der Waals surface area contributed by atoms with Gasteiger partial charge in [0.15, 0.2) is 0 Å². The van der Waals surface area contributed by atoms with Gasteiger partial charge in [0.25, 0.3) is 5.56 Å². The molecule has 5 heteroatoms. The molecule has 0 amide bonds. The normalized spacial score (nSPS) is 9.40. The molecule has 0 aliphatic rings. The summed E-state index contributed by atoms with van der Waals surface area (Å²) < 4.78 is 0.479. The lowest BCUT2D eigenvalue weighted by Crippen LogP contribution is -2.09. The van der Waals surface area contributed by atoms with Crippen molar-refractivity contribution < 1.29 is 0 Å². The number of hydrogen-bond donors (Lipinski definition) is 2. The maximum atomic E-state index is 10.7. The van der Waals surface area contributed by atoms with Crippen LogP contribution in [0.25, 0.3) is 0 Å². The third-order valence-corrected chi connectivity index (χ3v) is 1.60. The maximum absolute atomic E-state index is 10.7. The molecule has 0 aliphatic heterocycles. The molecule has 10 heavy (non-hydrogen) atoms. The lowest BCUT2D eigenvalue weighted by atomic mass is 10.5. The van der Waals surface area contributed by atoms with Crippen LogP contribution in [0.3, 0.4) is 0 Å². The molecule has 0 bridgehead atoms.